The number of carbonyl (C=O) groups excluding carboxylic acids is 1. The second-order valence-electron chi connectivity index (χ2n) is 9.92. The number of nitrogens with zero attached hydrogens (tertiary/aromatic N) is 1. The molecule has 0 bridgehead atoms. The van der Waals surface area contributed by atoms with E-state index in [1.165, 1.54) is 10.5 Å². The molecule has 1 heterocycles. The molecule has 2 N–H and O–H groups in total. The van der Waals surface area contributed by atoms with Crippen molar-refractivity contribution in [1.29, 1.82) is 0 Å². The highest BCUT2D eigenvalue weighted by molar-refractivity contribution is 6.32. The quantitative estimate of drug-likeness (QED) is 0.549. The van der Waals surface area contributed by atoms with Gasteiger partial charge < -0.3 is 15.3 Å². The minimum atomic E-state index is -0.927. The van der Waals surface area contributed by atoms with Crippen LogP contribution in [-0.2, 0) is 10.3 Å². The van der Waals surface area contributed by atoms with Gasteiger partial charge in [-0.25, -0.2) is 4.79 Å². The minimum Gasteiger partial charge on any atom is -0.481 e. The minimum absolute atomic E-state index is 0.0988. The number of rotatable bonds is 6. The third kappa shape index (κ3) is 4.98. The monoisotopic (exact) mass is 444 g/mol. The second-order valence-corrected chi connectivity index (χ2v) is 10.3. The largest absolute Gasteiger partial charge is 0.481 e. The van der Waals surface area contributed by atoms with E-state index < -0.39 is 11.5 Å². The Morgan fingerprint density at radius 2 is 2.00 bits per heavy atom. The Morgan fingerprint density at radius 3 is 2.55 bits per heavy atom. The van der Waals surface area contributed by atoms with Crippen LogP contribution in [0.15, 0.2) is 36.0 Å². The fourth-order valence-corrected chi connectivity index (χ4v) is 4.77. The summed E-state index contributed by atoms with van der Waals surface area (Å²) >= 11 is 6.74. The Bertz CT molecular complexity index is 948. The molecule has 1 atom stereocenters. The van der Waals surface area contributed by atoms with Crippen molar-refractivity contribution in [2.24, 2.45) is 11.3 Å². The van der Waals surface area contributed by atoms with Crippen LogP contribution < -0.4 is 5.32 Å². The van der Waals surface area contributed by atoms with Crippen molar-refractivity contribution < 1.29 is 14.7 Å². The van der Waals surface area contributed by atoms with Crippen LogP contribution >= 0.6 is 11.6 Å². The zero-order chi connectivity index (χ0) is 23.0. The molecule has 6 heteroatoms. The summed E-state index contributed by atoms with van der Waals surface area (Å²) < 4.78 is 0. The summed E-state index contributed by atoms with van der Waals surface area (Å²) in [5.41, 5.74) is 3.90. The molecule has 31 heavy (non-hydrogen) atoms. The number of carboxylic acids is 1. The van der Waals surface area contributed by atoms with Gasteiger partial charge in [0.05, 0.1) is 12.0 Å². The lowest BCUT2D eigenvalue weighted by Crippen LogP contribution is -2.54. The predicted octanol–water partition coefficient (Wildman–Crippen LogP) is 6.19. The van der Waals surface area contributed by atoms with Crippen molar-refractivity contribution in [3.05, 3.63) is 52.2 Å². The van der Waals surface area contributed by atoms with Crippen LogP contribution in [0.5, 0.6) is 0 Å². The predicted molar refractivity (Wildman–Crippen MR) is 125 cm³/mol. The number of carbonyl (C=O) groups is 2. The first-order valence-electron chi connectivity index (χ1n) is 11.0. The van der Waals surface area contributed by atoms with E-state index in [0.29, 0.717) is 10.4 Å². The average Bonchev–Trinajstić information content (AvgIpc) is 2.67. The van der Waals surface area contributed by atoms with Crippen LogP contribution in [0.1, 0.15) is 71.4 Å². The summed E-state index contributed by atoms with van der Waals surface area (Å²) in [6.45, 7) is 10.8. The first kappa shape index (κ1) is 23.4. The van der Waals surface area contributed by atoms with E-state index in [-0.39, 0.29) is 24.9 Å². The number of allylic oxidation sites excluding steroid dienone is 2. The molecule has 3 rings (SSSR count). The van der Waals surface area contributed by atoms with Crippen LogP contribution in [0.3, 0.4) is 0 Å². The van der Waals surface area contributed by atoms with Gasteiger partial charge in [-0.3, -0.25) is 4.79 Å². The number of halogens is 1. The van der Waals surface area contributed by atoms with Crippen LogP contribution in [0.2, 0.25) is 5.02 Å². The number of benzene rings is 1. The molecule has 0 spiro atoms. The molecule has 1 aliphatic heterocycles. The fourth-order valence-electron chi connectivity index (χ4n) is 4.47. The van der Waals surface area contributed by atoms with Gasteiger partial charge in [0, 0.05) is 17.8 Å². The number of urea groups is 1. The lowest BCUT2D eigenvalue weighted by atomic mass is 9.76. The summed E-state index contributed by atoms with van der Waals surface area (Å²) in [4.78, 5) is 25.2. The Labute approximate surface area is 190 Å². The van der Waals surface area contributed by atoms with Crippen LogP contribution in [0.25, 0.3) is 5.57 Å². The Hall–Kier alpha value is -2.27. The molecular formula is C25H33ClN2O3. The van der Waals surface area contributed by atoms with Gasteiger partial charge in [0.25, 0.3) is 0 Å². The molecular weight excluding hydrogens is 412 g/mol. The van der Waals surface area contributed by atoms with Gasteiger partial charge in [-0.15, -0.1) is 0 Å². The number of amides is 2. The third-order valence-electron chi connectivity index (χ3n) is 6.54. The fraction of sp³-hybridized carbons (Fsp3) is 0.520. The first-order valence-corrected chi connectivity index (χ1v) is 11.3. The molecule has 1 aromatic carbocycles. The van der Waals surface area contributed by atoms with Gasteiger partial charge in [-0.2, -0.15) is 0 Å². The van der Waals surface area contributed by atoms with Gasteiger partial charge in [0.2, 0.25) is 0 Å². The van der Waals surface area contributed by atoms with Crippen molar-refractivity contribution >= 4 is 29.2 Å². The number of nitrogens with one attached hydrogen (secondary N) is 1. The number of hydrogen-bond donors (Lipinski definition) is 2. The van der Waals surface area contributed by atoms with E-state index >= 15 is 0 Å². The molecule has 2 amide bonds. The highest BCUT2D eigenvalue weighted by atomic mass is 35.5. The van der Waals surface area contributed by atoms with E-state index in [4.69, 9.17) is 16.7 Å². The topological polar surface area (TPSA) is 69.6 Å². The van der Waals surface area contributed by atoms with Crippen LogP contribution in [-0.4, -0.2) is 28.6 Å². The maximum atomic E-state index is 12.8. The highest BCUT2D eigenvalue weighted by Crippen LogP contribution is 2.42. The molecule has 0 aromatic heterocycles. The molecule has 5 nitrogen and oxygen atoms in total. The van der Waals surface area contributed by atoms with Gasteiger partial charge in [0.1, 0.15) is 0 Å². The van der Waals surface area contributed by atoms with Crippen molar-refractivity contribution in [3.8, 4) is 0 Å². The maximum Gasteiger partial charge on any atom is 0.322 e. The van der Waals surface area contributed by atoms with Gasteiger partial charge in [0.15, 0.2) is 0 Å². The molecule has 168 valence electrons. The molecule has 2 aliphatic rings. The standard InChI is InChI=1S/C25H33ClN2O3/c1-16(2)20-15-28(13-10-22(29)30)23(31)27-25(20,5)18-6-7-19(21(26)14-18)17-8-11-24(3,4)12-9-17/h6-8,14-16H,9-13H2,1-5H3,(H,27,31)(H,29,30)/t25-/m0/s1. The number of carboxylic acid groups (broad SMARTS) is 1. The summed E-state index contributed by atoms with van der Waals surface area (Å²) in [5.74, 6) is -0.775. The zero-order valence-corrected chi connectivity index (χ0v) is 19.8. The smallest absolute Gasteiger partial charge is 0.322 e. The summed E-state index contributed by atoms with van der Waals surface area (Å²) in [6, 6.07) is 5.77. The van der Waals surface area contributed by atoms with E-state index in [1.54, 1.807) is 6.20 Å². The molecule has 1 aromatic rings. The Morgan fingerprint density at radius 1 is 1.29 bits per heavy atom. The van der Waals surface area contributed by atoms with E-state index in [0.717, 1.165) is 36.0 Å². The Balaban J connectivity index is 1.94. The van der Waals surface area contributed by atoms with E-state index in [1.807, 2.05) is 19.1 Å². The van der Waals surface area contributed by atoms with E-state index in [9.17, 15) is 9.59 Å². The third-order valence-corrected chi connectivity index (χ3v) is 6.86. The van der Waals surface area contributed by atoms with Gasteiger partial charge in [-0.1, -0.05) is 57.5 Å². The lowest BCUT2D eigenvalue weighted by molar-refractivity contribution is -0.137. The molecule has 1 aliphatic carbocycles. The van der Waals surface area contributed by atoms with E-state index in [2.05, 4.69) is 45.2 Å². The van der Waals surface area contributed by atoms with Gasteiger partial charge in [-0.05, 0) is 65.9 Å². The van der Waals surface area contributed by atoms with Crippen molar-refractivity contribution in [2.75, 3.05) is 6.54 Å². The summed E-state index contributed by atoms with van der Waals surface area (Å²) in [5, 5.41) is 12.8. The lowest BCUT2D eigenvalue weighted by Gasteiger charge is -2.42. The van der Waals surface area contributed by atoms with Crippen molar-refractivity contribution in [2.45, 2.75) is 65.8 Å². The first-order chi connectivity index (χ1) is 14.4. The average molecular weight is 445 g/mol. The molecule has 0 fully saturated rings. The maximum absolute atomic E-state index is 12.8. The van der Waals surface area contributed by atoms with Crippen molar-refractivity contribution in [1.82, 2.24) is 10.2 Å². The molecule has 0 saturated carbocycles. The zero-order valence-electron chi connectivity index (χ0n) is 19.1. The summed E-state index contributed by atoms with van der Waals surface area (Å²) in [6.07, 6.45) is 7.19. The normalized spacial score (nSPS) is 23.3. The number of hydrogen-bond acceptors (Lipinski definition) is 2. The van der Waals surface area contributed by atoms with Crippen molar-refractivity contribution in [3.63, 3.8) is 0 Å². The van der Waals surface area contributed by atoms with Crippen LogP contribution in [0, 0.1) is 11.3 Å². The Kier molecular flexibility index (Phi) is 6.56. The SMILES string of the molecule is CC(C)C1=CN(CCC(=O)O)C(=O)N[C@@]1(C)c1ccc(C2=CCC(C)(C)CC2)c(Cl)c1. The molecule has 0 radical (unpaired) electrons. The van der Waals surface area contributed by atoms with Gasteiger partial charge >= 0.3 is 12.0 Å². The molecule has 0 unspecified atom stereocenters. The molecule has 0 saturated heterocycles. The number of aliphatic carboxylic acids is 1. The second kappa shape index (κ2) is 8.70. The summed E-state index contributed by atoms with van der Waals surface area (Å²) in [7, 11) is 0. The highest BCUT2D eigenvalue weighted by Gasteiger charge is 2.40. The van der Waals surface area contributed by atoms with Crippen LogP contribution in [0.4, 0.5) is 4.79 Å².